The molecule has 0 spiro atoms. The summed E-state index contributed by atoms with van der Waals surface area (Å²) in [4.78, 5) is 10.0. The molecule has 0 aromatic heterocycles. The number of hydrogen-bond acceptors (Lipinski definition) is 3. The Hall–Kier alpha value is -1.71. The third kappa shape index (κ3) is 1.79. The maximum absolute atomic E-state index is 10.0. The van der Waals surface area contributed by atoms with Crippen LogP contribution in [0.15, 0.2) is 18.2 Å². The number of carbonyl (C=O) groups excluding carboxylic acids is 1. The van der Waals surface area contributed by atoms with E-state index >= 15 is 0 Å². The monoisotopic (exact) mass is 193 g/mol. The molecule has 1 aliphatic heterocycles. The summed E-state index contributed by atoms with van der Waals surface area (Å²) in [5, 5.41) is 2.61. The third-order valence-electron chi connectivity index (χ3n) is 2.08. The molecule has 1 N–H and O–H groups in total. The van der Waals surface area contributed by atoms with Crippen LogP contribution in [-0.2, 0) is 11.2 Å². The SMILES string of the molecule is O=CNCCc1ccc2c(c1)OCO2. The normalized spacial score (nSPS) is 12.6. The number of carbonyl (C=O) groups is 1. The highest BCUT2D eigenvalue weighted by Crippen LogP contribution is 2.32. The van der Waals surface area contributed by atoms with Gasteiger partial charge in [0.05, 0.1) is 0 Å². The zero-order valence-corrected chi connectivity index (χ0v) is 7.66. The molecule has 1 aliphatic rings. The van der Waals surface area contributed by atoms with Crippen LogP contribution in [0.3, 0.4) is 0 Å². The molecule has 0 radical (unpaired) electrons. The predicted molar refractivity (Wildman–Crippen MR) is 50.3 cm³/mol. The zero-order chi connectivity index (χ0) is 9.80. The van der Waals surface area contributed by atoms with E-state index in [4.69, 9.17) is 9.47 Å². The first-order valence-electron chi connectivity index (χ1n) is 4.46. The molecule has 1 amide bonds. The summed E-state index contributed by atoms with van der Waals surface area (Å²) in [5.74, 6) is 1.57. The largest absolute Gasteiger partial charge is 0.454 e. The van der Waals surface area contributed by atoms with E-state index in [2.05, 4.69) is 5.32 Å². The van der Waals surface area contributed by atoms with Gasteiger partial charge in [0.1, 0.15) is 0 Å². The van der Waals surface area contributed by atoms with Crippen molar-refractivity contribution in [3.8, 4) is 11.5 Å². The van der Waals surface area contributed by atoms with E-state index in [9.17, 15) is 4.79 Å². The van der Waals surface area contributed by atoms with Crippen molar-refractivity contribution in [1.82, 2.24) is 5.32 Å². The maximum Gasteiger partial charge on any atom is 0.231 e. The highest BCUT2D eigenvalue weighted by atomic mass is 16.7. The molecule has 4 nitrogen and oxygen atoms in total. The van der Waals surface area contributed by atoms with Crippen LogP contribution in [0.2, 0.25) is 0 Å². The van der Waals surface area contributed by atoms with Gasteiger partial charge >= 0.3 is 0 Å². The lowest BCUT2D eigenvalue weighted by Gasteiger charge is -2.01. The summed E-state index contributed by atoms with van der Waals surface area (Å²) in [6, 6.07) is 5.80. The van der Waals surface area contributed by atoms with E-state index in [1.807, 2.05) is 18.2 Å². The zero-order valence-electron chi connectivity index (χ0n) is 7.66. The first kappa shape index (κ1) is 8.87. The smallest absolute Gasteiger partial charge is 0.231 e. The maximum atomic E-state index is 10.0. The first-order chi connectivity index (χ1) is 6.90. The van der Waals surface area contributed by atoms with Gasteiger partial charge in [0.15, 0.2) is 11.5 Å². The topological polar surface area (TPSA) is 47.6 Å². The van der Waals surface area contributed by atoms with Crippen molar-refractivity contribution < 1.29 is 14.3 Å². The van der Waals surface area contributed by atoms with E-state index in [0.717, 1.165) is 23.5 Å². The standard InChI is InChI=1S/C10H11NO3/c12-6-11-4-3-8-1-2-9-10(5-8)14-7-13-9/h1-2,5-6H,3-4,7H2,(H,11,12). The van der Waals surface area contributed by atoms with Crippen molar-refractivity contribution in [2.75, 3.05) is 13.3 Å². The minimum Gasteiger partial charge on any atom is -0.454 e. The molecule has 74 valence electrons. The number of amides is 1. The third-order valence-corrected chi connectivity index (χ3v) is 2.08. The van der Waals surface area contributed by atoms with Gasteiger partial charge in [-0.3, -0.25) is 4.79 Å². The molecule has 0 aliphatic carbocycles. The molecule has 0 unspecified atom stereocenters. The highest BCUT2D eigenvalue weighted by Gasteiger charge is 2.12. The van der Waals surface area contributed by atoms with E-state index in [1.54, 1.807) is 0 Å². The van der Waals surface area contributed by atoms with Crippen LogP contribution in [-0.4, -0.2) is 19.7 Å². The second-order valence-corrected chi connectivity index (χ2v) is 3.01. The average Bonchev–Trinajstić information content (AvgIpc) is 2.65. The number of rotatable bonds is 4. The first-order valence-corrected chi connectivity index (χ1v) is 4.46. The van der Waals surface area contributed by atoms with Gasteiger partial charge in [-0.15, -0.1) is 0 Å². The Balaban J connectivity index is 2.01. The molecular weight excluding hydrogens is 182 g/mol. The highest BCUT2D eigenvalue weighted by molar-refractivity contribution is 5.46. The number of benzene rings is 1. The molecule has 2 rings (SSSR count). The molecule has 14 heavy (non-hydrogen) atoms. The van der Waals surface area contributed by atoms with Crippen LogP contribution in [0, 0.1) is 0 Å². The lowest BCUT2D eigenvalue weighted by Crippen LogP contribution is -2.14. The molecule has 1 heterocycles. The minimum absolute atomic E-state index is 0.297. The van der Waals surface area contributed by atoms with Gasteiger partial charge in [-0.05, 0) is 24.1 Å². The lowest BCUT2D eigenvalue weighted by atomic mass is 10.1. The van der Waals surface area contributed by atoms with Crippen molar-refractivity contribution >= 4 is 6.41 Å². The van der Waals surface area contributed by atoms with Gasteiger partial charge in [-0.1, -0.05) is 6.07 Å². The van der Waals surface area contributed by atoms with Crippen molar-refractivity contribution in [2.45, 2.75) is 6.42 Å². The average molecular weight is 193 g/mol. The number of nitrogens with one attached hydrogen (secondary N) is 1. The molecule has 0 saturated heterocycles. The van der Waals surface area contributed by atoms with Crippen LogP contribution in [0.5, 0.6) is 11.5 Å². The van der Waals surface area contributed by atoms with Crippen molar-refractivity contribution in [3.63, 3.8) is 0 Å². The Bertz CT molecular complexity index is 338. The van der Waals surface area contributed by atoms with Gasteiger partial charge in [-0.2, -0.15) is 0 Å². The Kier molecular flexibility index (Phi) is 2.53. The number of fused-ring (bicyclic) bond motifs is 1. The van der Waals surface area contributed by atoms with Crippen LogP contribution >= 0.6 is 0 Å². The molecule has 0 bridgehead atoms. The van der Waals surface area contributed by atoms with Gasteiger partial charge in [0.2, 0.25) is 13.2 Å². The Morgan fingerprint density at radius 1 is 1.36 bits per heavy atom. The van der Waals surface area contributed by atoms with E-state index in [1.165, 1.54) is 0 Å². The number of hydrogen-bond donors (Lipinski definition) is 1. The minimum atomic E-state index is 0.297. The van der Waals surface area contributed by atoms with Crippen LogP contribution in [0.1, 0.15) is 5.56 Å². The molecule has 4 heteroatoms. The lowest BCUT2D eigenvalue weighted by molar-refractivity contribution is -0.109. The molecule has 0 atom stereocenters. The summed E-state index contributed by atoms with van der Waals surface area (Å²) >= 11 is 0. The van der Waals surface area contributed by atoms with E-state index < -0.39 is 0 Å². The number of ether oxygens (including phenoxy) is 2. The van der Waals surface area contributed by atoms with Crippen LogP contribution < -0.4 is 14.8 Å². The van der Waals surface area contributed by atoms with Crippen molar-refractivity contribution in [1.29, 1.82) is 0 Å². The predicted octanol–water partition coefficient (Wildman–Crippen LogP) is 0.704. The molecule has 1 aromatic carbocycles. The van der Waals surface area contributed by atoms with Crippen LogP contribution in [0.4, 0.5) is 0 Å². The molecule has 0 saturated carbocycles. The van der Waals surface area contributed by atoms with Gasteiger partial charge in [0.25, 0.3) is 0 Å². The summed E-state index contributed by atoms with van der Waals surface area (Å²) in [5.41, 5.74) is 1.13. The fourth-order valence-electron chi connectivity index (χ4n) is 1.37. The molecule has 1 aromatic rings. The Morgan fingerprint density at radius 3 is 3.07 bits per heavy atom. The quantitative estimate of drug-likeness (QED) is 0.565. The fraction of sp³-hybridized carbons (Fsp3) is 0.300. The van der Waals surface area contributed by atoms with Gasteiger partial charge in [0, 0.05) is 6.54 Å². The van der Waals surface area contributed by atoms with E-state index in [0.29, 0.717) is 19.7 Å². The Labute approximate surface area is 81.8 Å². The molecular formula is C10H11NO3. The van der Waals surface area contributed by atoms with Gasteiger partial charge in [-0.25, -0.2) is 0 Å². The van der Waals surface area contributed by atoms with Crippen LogP contribution in [0.25, 0.3) is 0 Å². The fourth-order valence-corrected chi connectivity index (χ4v) is 1.37. The Morgan fingerprint density at radius 2 is 2.21 bits per heavy atom. The molecule has 0 fully saturated rings. The summed E-state index contributed by atoms with van der Waals surface area (Å²) in [6.45, 7) is 0.939. The summed E-state index contributed by atoms with van der Waals surface area (Å²) < 4.78 is 10.4. The van der Waals surface area contributed by atoms with Crippen molar-refractivity contribution in [3.05, 3.63) is 23.8 Å². The second-order valence-electron chi connectivity index (χ2n) is 3.01. The van der Waals surface area contributed by atoms with Crippen molar-refractivity contribution in [2.24, 2.45) is 0 Å². The summed E-state index contributed by atoms with van der Waals surface area (Å²) in [6.07, 6.45) is 1.50. The second kappa shape index (κ2) is 4.00. The van der Waals surface area contributed by atoms with Gasteiger partial charge < -0.3 is 14.8 Å². The van der Waals surface area contributed by atoms with E-state index in [-0.39, 0.29) is 0 Å². The summed E-state index contributed by atoms with van der Waals surface area (Å²) in [7, 11) is 0.